The fourth-order valence-corrected chi connectivity index (χ4v) is 2.61. The largest absolute Gasteiger partial charge is 0.381 e. The van der Waals surface area contributed by atoms with Crippen molar-refractivity contribution in [3.05, 3.63) is 53.3 Å². The lowest BCUT2D eigenvalue weighted by atomic mass is 10.0. The lowest BCUT2D eigenvalue weighted by Crippen LogP contribution is -2.26. The second kappa shape index (κ2) is 6.54. The number of nitrogens with zero attached hydrogens (tertiary/aromatic N) is 1. The molecule has 110 valence electrons. The number of carbonyl (C=O) groups excluding carboxylic acids is 1. The first-order chi connectivity index (χ1) is 10.3. The van der Waals surface area contributed by atoms with E-state index in [0.29, 0.717) is 18.7 Å². The zero-order chi connectivity index (χ0) is 14.5. The van der Waals surface area contributed by atoms with Crippen molar-refractivity contribution in [2.75, 3.05) is 19.8 Å². The Kier molecular flexibility index (Phi) is 4.31. The van der Waals surface area contributed by atoms with Crippen LogP contribution in [0.3, 0.4) is 0 Å². The maximum Gasteiger partial charge on any atom is 0.254 e. The molecule has 1 fully saturated rings. The summed E-state index contributed by atoms with van der Waals surface area (Å²) in [6, 6.07) is 10.1. The van der Waals surface area contributed by atoms with Crippen LogP contribution in [-0.4, -0.2) is 35.9 Å². The van der Waals surface area contributed by atoms with Gasteiger partial charge in [-0.3, -0.25) is 9.89 Å². The molecule has 2 aromatic rings. The summed E-state index contributed by atoms with van der Waals surface area (Å²) in [4.78, 5) is 12.3. The molecular weight excluding hydrogens is 266 g/mol. The molecule has 0 spiro atoms. The van der Waals surface area contributed by atoms with Gasteiger partial charge in [-0.2, -0.15) is 5.10 Å². The van der Waals surface area contributed by atoms with Crippen molar-refractivity contribution in [3.63, 3.8) is 0 Å². The molecule has 1 aromatic heterocycles. The molecule has 0 unspecified atom stereocenters. The van der Waals surface area contributed by atoms with E-state index in [2.05, 4.69) is 27.6 Å². The van der Waals surface area contributed by atoms with E-state index in [1.54, 1.807) is 6.20 Å². The molecule has 3 rings (SSSR count). The SMILES string of the molecule is O=C(NCCc1ccccc1)c1cn[nH]c1[C@@H]1CCOC1. The summed E-state index contributed by atoms with van der Waals surface area (Å²) in [6.45, 7) is 2.03. The number of hydrogen-bond donors (Lipinski definition) is 2. The van der Waals surface area contributed by atoms with Crippen LogP contribution in [0.25, 0.3) is 0 Å². The molecule has 2 heterocycles. The van der Waals surface area contributed by atoms with Gasteiger partial charge >= 0.3 is 0 Å². The molecule has 0 bridgehead atoms. The van der Waals surface area contributed by atoms with Crippen LogP contribution >= 0.6 is 0 Å². The predicted molar refractivity (Wildman–Crippen MR) is 79.2 cm³/mol. The summed E-state index contributed by atoms with van der Waals surface area (Å²) in [7, 11) is 0. The Morgan fingerprint density at radius 3 is 3.00 bits per heavy atom. The van der Waals surface area contributed by atoms with Gasteiger partial charge in [0.15, 0.2) is 0 Å². The van der Waals surface area contributed by atoms with Gasteiger partial charge in [0.25, 0.3) is 5.91 Å². The summed E-state index contributed by atoms with van der Waals surface area (Å²) in [6.07, 6.45) is 3.37. The van der Waals surface area contributed by atoms with E-state index in [1.807, 2.05) is 18.2 Å². The molecule has 2 N–H and O–H groups in total. The Morgan fingerprint density at radius 2 is 2.24 bits per heavy atom. The highest BCUT2D eigenvalue weighted by molar-refractivity contribution is 5.95. The highest BCUT2D eigenvalue weighted by Gasteiger charge is 2.24. The zero-order valence-electron chi connectivity index (χ0n) is 11.8. The monoisotopic (exact) mass is 285 g/mol. The number of benzene rings is 1. The second-order valence-corrected chi connectivity index (χ2v) is 5.25. The second-order valence-electron chi connectivity index (χ2n) is 5.25. The maximum absolute atomic E-state index is 12.3. The number of amides is 1. The van der Waals surface area contributed by atoms with E-state index in [0.717, 1.165) is 25.1 Å². The Labute approximate surface area is 123 Å². The van der Waals surface area contributed by atoms with Crippen molar-refractivity contribution in [1.29, 1.82) is 0 Å². The smallest absolute Gasteiger partial charge is 0.254 e. The molecule has 5 nitrogen and oxygen atoms in total. The maximum atomic E-state index is 12.3. The van der Waals surface area contributed by atoms with E-state index < -0.39 is 0 Å². The van der Waals surface area contributed by atoms with Gasteiger partial charge in [-0.15, -0.1) is 0 Å². The molecule has 21 heavy (non-hydrogen) atoms. The first kappa shape index (κ1) is 13.8. The lowest BCUT2D eigenvalue weighted by molar-refractivity contribution is 0.0952. The van der Waals surface area contributed by atoms with Crippen LogP contribution in [0.5, 0.6) is 0 Å². The van der Waals surface area contributed by atoms with Crippen LogP contribution < -0.4 is 5.32 Å². The molecule has 0 aliphatic carbocycles. The average Bonchev–Trinajstić information content (AvgIpc) is 3.19. The summed E-state index contributed by atoms with van der Waals surface area (Å²) in [5, 5.41) is 9.92. The number of aromatic nitrogens is 2. The van der Waals surface area contributed by atoms with Crippen LogP contribution in [0, 0.1) is 0 Å². The number of nitrogens with one attached hydrogen (secondary N) is 2. The predicted octanol–water partition coefficient (Wildman–Crippen LogP) is 1.89. The third-order valence-corrected chi connectivity index (χ3v) is 3.79. The molecule has 1 aliphatic heterocycles. The van der Waals surface area contributed by atoms with Crippen LogP contribution in [-0.2, 0) is 11.2 Å². The van der Waals surface area contributed by atoms with Gasteiger partial charge in [-0.05, 0) is 18.4 Å². The molecule has 1 aliphatic rings. The van der Waals surface area contributed by atoms with E-state index in [9.17, 15) is 4.79 Å². The number of ether oxygens (including phenoxy) is 1. The molecular formula is C16H19N3O2. The van der Waals surface area contributed by atoms with Crippen molar-refractivity contribution in [1.82, 2.24) is 15.5 Å². The van der Waals surface area contributed by atoms with Crippen LogP contribution in [0.15, 0.2) is 36.5 Å². The summed E-state index contributed by atoms with van der Waals surface area (Å²) < 4.78 is 5.38. The van der Waals surface area contributed by atoms with Gasteiger partial charge in [0.2, 0.25) is 0 Å². The topological polar surface area (TPSA) is 67.0 Å². The van der Waals surface area contributed by atoms with E-state index in [4.69, 9.17) is 4.74 Å². The van der Waals surface area contributed by atoms with E-state index in [1.165, 1.54) is 5.56 Å². The Balaban J connectivity index is 1.57. The minimum Gasteiger partial charge on any atom is -0.381 e. The summed E-state index contributed by atoms with van der Waals surface area (Å²) in [5.41, 5.74) is 2.75. The van der Waals surface area contributed by atoms with Gasteiger partial charge in [0.05, 0.1) is 24.1 Å². The van der Waals surface area contributed by atoms with Gasteiger partial charge in [-0.25, -0.2) is 0 Å². The van der Waals surface area contributed by atoms with Crippen molar-refractivity contribution in [2.24, 2.45) is 0 Å². The van der Waals surface area contributed by atoms with Gasteiger partial charge in [0.1, 0.15) is 0 Å². The lowest BCUT2D eigenvalue weighted by Gasteiger charge is -2.09. The van der Waals surface area contributed by atoms with Gasteiger partial charge in [0, 0.05) is 19.1 Å². The Hall–Kier alpha value is -2.14. The molecule has 1 amide bonds. The van der Waals surface area contributed by atoms with E-state index >= 15 is 0 Å². The molecule has 1 aromatic carbocycles. The number of hydrogen-bond acceptors (Lipinski definition) is 3. The number of rotatable bonds is 5. The Morgan fingerprint density at radius 1 is 1.38 bits per heavy atom. The van der Waals surface area contributed by atoms with Crippen molar-refractivity contribution < 1.29 is 9.53 Å². The fourth-order valence-electron chi connectivity index (χ4n) is 2.61. The molecule has 1 saturated heterocycles. The quantitative estimate of drug-likeness (QED) is 0.881. The number of carbonyl (C=O) groups is 1. The van der Waals surface area contributed by atoms with Crippen molar-refractivity contribution in [2.45, 2.75) is 18.8 Å². The van der Waals surface area contributed by atoms with Gasteiger partial charge in [-0.1, -0.05) is 30.3 Å². The highest BCUT2D eigenvalue weighted by Crippen LogP contribution is 2.25. The first-order valence-corrected chi connectivity index (χ1v) is 7.27. The van der Waals surface area contributed by atoms with Crippen LogP contribution in [0.2, 0.25) is 0 Å². The van der Waals surface area contributed by atoms with Crippen molar-refractivity contribution >= 4 is 5.91 Å². The molecule has 5 heteroatoms. The normalized spacial score (nSPS) is 17.8. The summed E-state index contributed by atoms with van der Waals surface area (Å²) >= 11 is 0. The third-order valence-electron chi connectivity index (χ3n) is 3.79. The first-order valence-electron chi connectivity index (χ1n) is 7.27. The highest BCUT2D eigenvalue weighted by atomic mass is 16.5. The number of aromatic amines is 1. The zero-order valence-corrected chi connectivity index (χ0v) is 11.8. The molecule has 1 atom stereocenters. The minimum absolute atomic E-state index is 0.0680. The van der Waals surface area contributed by atoms with Crippen molar-refractivity contribution in [3.8, 4) is 0 Å². The average molecular weight is 285 g/mol. The summed E-state index contributed by atoms with van der Waals surface area (Å²) in [5.74, 6) is 0.184. The standard InChI is InChI=1S/C16H19N3O2/c20-16(17-8-6-12-4-2-1-3-5-12)14-10-18-19-15(14)13-7-9-21-11-13/h1-5,10,13H,6-9,11H2,(H,17,20)(H,18,19)/t13-/m1/s1. The van der Waals surface area contributed by atoms with Gasteiger partial charge < -0.3 is 10.1 Å². The third kappa shape index (κ3) is 3.31. The fraction of sp³-hybridized carbons (Fsp3) is 0.375. The molecule has 0 saturated carbocycles. The molecule has 0 radical (unpaired) electrons. The van der Waals surface area contributed by atoms with Crippen LogP contribution in [0.1, 0.15) is 34.0 Å². The Bertz CT molecular complexity index is 589. The minimum atomic E-state index is -0.0680. The van der Waals surface area contributed by atoms with E-state index in [-0.39, 0.29) is 11.8 Å². The number of H-pyrrole nitrogens is 1. The van der Waals surface area contributed by atoms with Crippen LogP contribution in [0.4, 0.5) is 0 Å².